The summed E-state index contributed by atoms with van der Waals surface area (Å²) < 4.78 is 5.53. The zero-order chi connectivity index (χ0) is 14.9. The Hall–Kier alpha value is -2.07. The van der Waals surface area contributed by atoms with Crippen LogP contribution in [0.1, 0.15) is 18.4 Å². The smallest absolute Gasteiger partial charge is 0.220 e. The maximum absolute atomic E-state index is 11.7. The van der Waals surface area contributed by atoms with E-state index in [0.29, 0.717) is 31.0 Å². The summed E-state index contributed by atoms with van der Waals surface area (Å²) in [5.41, 5.74) is 1.04. The van der Waals surface area contributed by atoms with E-state index in [9.17, 15) is 4.79 Å². The molecule has 2 aromatic rings. The van der Waals surface area contributed by atoms with Crippen molar-refractivity contribution in [3.63, 3.8) is 0 Å². The Morgan fingerprint density at radius 2 is 1.86 bits per heavy atom. The van der Waals surface area contributed by atoms with Crippen molar-refractivity contribution in [2.45, 2.75) is 19.4 Å². The Morgan fingerprint density at radius 1 is 1.14 bits per heavy atom. The van der Waals surface area contributed by atoms with Crippen molar-refractivity contribution in [1.82, 2.24) is 10.3 Å². The van der Waals surface area contributed by atoms with E-state index < -0.39 is 0 Å². The molecule has 0 bridgehead atoms. The molecule has 1 amide bonds. The number of hydrogen-bond donors (Lipinski definition) is 1. The maximum Gasteiger partial charge on any atom is 0.220 e. The lowest BCUT2D eigenvalue weighted by Gasteiger charge is -2.07. The van der Waals surface area contributed by atoms with E-state index in [1.807, 2.05) is 24.3 Å². The monoisotopic (exact) mass is 304 g/mol. The molecule has 0 aliphatic rings. The van der Waals surface area contributed by atoms with E-state index in [2.05, 4.69) is 10.3 Å². The van der Waals surface area contributed by atoms with Crippen LogP contribution in [0.3, 0.4) is 0 Å². The number of ether oxygens (including phenoxy) is 1. The number of hydrogen-bond acceptors (Lipinski definition) is 3. The van der Waals surface area contributed by atoms with Crippen LogP contribution >= 0.6 is 11.6 Å². The van der Waals surface area contributed by atoms with Gasteiger partial charge in [-0.05, 0) is 48.4 Å². The number of nitrogens with zero attached hydrogens (tertiary/aromatic N) is 1. The molecule has 1 aromatic carbocycles. The van der Waals surface area contributed by atoms with Crippen LogP contribution in [0, 0.1) is 0 Å². The summed E-state index contributed by atoms with van der Waals surface area (Å²) in [6, 6.07) is 10.9. The standard InChI is InChI=1S/C16H17ClN2O2/c17-14-3-5-15(6-4-14)21-11-1-2-16(20)19-12-13-7-9-18-10-8-13/h3-10H,1-2,11-12H2,(H,19,20). The Kier molecular flexibility index (Phi) is 6.03. The molecule has 0 atom stereocenters. The minimum atomic E-state index is 0.0199. The summed E-state index contributed by atoms with van der Waals surface area (Å²) in [4.78, 5) is 15.6. The van der Waals surface area contributed by atoms with Gasteiger partial charge in [-0.25, -0.2) is 0 Å². The zero-order valence-electron chi connectivity index (χ0n) is 11.6. The van der Waals surface area contributed by atoms with E-state index in [-0.39, 0.29) is 5.91 Å². The molecule has 21 heavy (non-hydrogen) atoms. The predicted molar refractivity (Wildman–Crippen MR) is 82.3 cm³/mol. The number of carbonyl (C=O) groups excluding carboxylic acids is 1. The fourth-order valence-electron chi connectivity index (χ4n) is 1.74. The van der Waals surface area contributed by atoms with E-state index in [1.165, 1.54) is 0 Å². The van der Waals surface area contributed by atoms with Gasteiger partial charge in [0.25, 0.3) is 0 Å². The van der Waals surface area contributed by atoms with Gasteiger partial charge in [0.05, 0.1) is 6.61 Å². The summed E-state index contributed by atoms with van der Waals surface area (Å²) in [5, 5.41) is 3.54. The molecule has 2 rings (SSSR count). The molecule has 1 N–H and O–H groups in total. The number of nitrogens with one attached hydrogen (secondary N) is 1. The van der Waals surface area contributed by atoms with Gasteiger partial charge < -0.3 is 10.1 Å². The van der Waals surface area contributed by atoms with E-state index >= 15 is 0 Å². The summed E-state index contributed by atoms with van der Waals surface area (Å²) in [7, 11) is 0. The lowest BCUT2D eigenvalue weighted by Crippen LogP contribution is -2.22. The van der Waals surface area contributed by atoms with E-state index in [4.69, 9.17) is 16.3 Å². The Labute approximate surface area is 129 Å². The Balaban J connectivity index is 1.60. The third-order valence-electron chi connectivity index (χ3n) is 2.87. The molecule has 0 aliphatic heterocycles. The largest absolute Gasteiger partial charge is 0.494 e. The van der Waals surface area contributed by atoms with Crippen LogP contribution in [0.5, 0.6) is 5.75 Å². The SMILES string of the molecule is O=C(CCCOc1ccc(Cl)cc1)NCc1ccncc1. The molecular weight excluding hydrogens is 288 g/mol. The number of pyridine rings is 1. The highest BCUT2D eigenvalue weighted by molar-refractivity contribution is 6.30. The van der Waals surface area contributed by atoms with Gasteiger partial charge in [-0.3, -0.25) is 9.78 Å². The summed E-state index contributed by atoms with van der Waals surface area (Å²) in [6.45, 7) is 1.03. The average molecular weight is 305 g/mol. The topological polar surface area (TPSA) is 51.2 Å². The minimum Gasteiger partial charge on any atom is -0.494 e. The molecule has 0 spiro atoms. The first-order valence-corrected chi connectivity index (χ1v) is 7.16. The molecule has 1 aromatic heterocycles. The van der Waals surface area contributed by atoms with Gasteiger partial charge in [-0.2, -0.15) is 0 Å². The van der Waals surface area contributed by atoms with Crippen LogP contribution in [-0.2, 0) is 11.3 Å². The van der Waals surface area contributed by atoms with Gasteiger partial charge in [0.2, 0.25) is 5.91 Å². The lowest BCUT2D eigenvalue weighted by atomic mass is 10.2. The normalized spacial score (nSPS) is 10.1. The molecule has 0 aliphatic carbocycles. The average Bonchev–Trinajstić information content (AvgIpc) is 2.52. The maximum atomic E-state index is 11.7. The van der Waals surface area contributed by atoms with Crippen molar-refractivity contribution in [1.29, 1.82) is 0 Å². The molecule has 0 fully saturated rings. The molecule has 110 valence electrons. The first-order valence-electron chi connectivity index (χ1n) is 6.78. The number of carbonyl (C=O) groups is 1. The highest BCUT2D eigenvalue weighted by atomic mass is 35.5. The molecule has 0 saturated carbocycles. The van der Waals surface area contributed by atoms with Crippen LogP contribution in [0.25, 0.3) is 0 Å². The highest BCUT2D eigenvalue weighted by Crippen LogP contribution is 2.15. The fraction of sp³-hybridized carbons (Fsp3) is 0.250. The van der Waals surface area contributed by atoms with Gasteiger partial charge in [0.1, 0.15) is 5.75 Å². The van der Waals surface area contributed by atoms with Gasteiger partial charge in [-0.15, -0.1) is 0 Å². The van der Waals surface area contributed by atoms with Crippen LogP contribution in [-0.4, -0.2) is 17.5 Å². The van der Waals surface area contributed by atoms with Gasteiger partial charge in [-0.1, -0.05) is 11.6 Å². The van der Waals surface area contributed by atoms with Crippen molar-refractivity contribution in [3.8, 4) is 5.75 Å². The number of halogens is 1. The van der Waals surface area contributed by atoms with Crippen molar-refractivity contribution < 1.29 is 9.53 Å². The second-order valence-corrected chi connectivity index (χ2v) is 4.97. The van der Waals surface area contributed by atoms with Crippen LogP contribution in [0.4, 0.5) is 0 Å². The lowest BCUT2D eigenvalue weighted by molar-refractivity contribution is -0.121. The first-order chi connectivity index (χ1) is 10.2. The Bertz CT molecular complexity index is 558. The van der Waals surface area contributed by atoms with Crippen molar-refractivity contribution in [2.75, 3.05) is 6.61 Å². The van der Waals surface area contributed by atoms with E-state index in [1.54, 1.807) is 24.5 Å². The third kappa shape index (κ3) is 5.83. The minimum absolute atomic E-state index is 0.0199. The highest BCUT2D eigenvalue weighted by Gasteiger charge is 2.02. The van der Waals surface area contributed by atoms with Crippen molar-refractivity contribution >= 4 is 17.5 Å². The first kappa shape index (κ1) is 15.3. The summed E-state index contributed by atoms with van der Waals surface area (Å²) in [5.74, 6) is 0.781. The second-order valence-electron chi connectivity index (χ2n) is 4.54. The molecule has 0 unspecified atom stereocenters. The summed E-state index contributed by atoms with van der Waals surface area (Å²) in [6.07, 6.45) is 4.53. The van der Waals surface area contributed by atoms with Gasteiger partial charge in [0.15, 0.2) is 0 Å². The molecular formula is C16H17ClN2O2. The quantitative estimate of drug-likeness (QED) is 0.799. The summed E-state index contributed by atoms with van der Waals surface area (Å²) >= 11 is 5.79. The fourth-order valence-corrected chi connectivity index (χ4v) is 1.87. The Morgan fingerprint density at radius 3 is 2.57 bits per heavy atom. The third-order valence-corrected chi connectivity index (χ3v) is 3.12. The van der Waals surface area contributed by atoms with Crippen LogP contribution in [0.2, 0.25) is 5.02 Å². The van der Waals surface area contributed by atoms with Crippen LogP contribution < -0.4 is 10.1 Å². The molecule has 0 radical (unpaired) electrons. The number of rotatable bonds is 7. The van der Waals surface area contributed by atoms with E-state index in [0.717, 1.165) is 11.3 Å². The molecule has 1 heterocycles. The van der Waals surface area contributed by atoms with Gasteiger partial charge in [0, 0.05) is 30.4 Å². The van der Waals surface area contributed by atoms with Gasteiger partial charge >= 0.3 is 0 Å². The van der Waals surface area contributed by atoms with Crippen LogP contribution in [0.15, 0.2) is 48.8 Å². The molecule has 4 nitrogen and oxygen atoms in total. The van der Waals surface area contributed by atoms with Crippen molar-refractivity contribution in [3.05, 3.63) is 59.4 Å². The van der Waals surface area contributed by atoms with Crippen molar-refractivity contribution in [2.24, 2.45) is 0 Å². The predicted octanol–water partition coefficient (Wildman–Crippen LogP) is 3.21. The number of amides is 1. The second kappa shape index (κ2) is 8.27. The molecule has 0 saturated heterocycles. The number of benzene rings is 1. The zero-order valence-corrected chi connectivity index (χ0v) is 12.3. The number of aromatic nitrogens is 1. The molecule has 5 heteroatoms.